The number of unbranched alkanes of at least 4 members (excludes halogenated alkanes) is 1. The zero-order valence-corrected chi connectivity index (χ0v) is 15.1. The minimum absolute atomic E-state index is 0. The van der Waals surface area contributed by atoms with Crippen molar-refractivity contribution in [2.75, 3.05) is 6.54 Å². The molecule has 0 heterocycles. The topological polar surface area (TPSA) is 72.2 Å². The molecule has 0 aliphatic heterocycles. The number of rotatable bonds is 7. The van der Waals surface area contributed by atoms with Gasteiger partial charge < -0.3 is 5.73 Å². The van der Waals surface area contributed by atoms with Gasteiger partial charge in [0.1, 0.15) is 0 Å². The number of nitrogens with two attached hydrogens (primary N) is 1. The third kappa shape index (κ3) is 5.50. The molecule has 0 aromatic heterocycles. The van der Waals surface area contributed by atoms with Crippen LogP contribution in [0.1, 0.15) is 26.2 Å². The number of benzene rings is 1. The number of halogens is 3. The van der Waals surface area contributed by atoms with Crippen LogP contribution >= 0.6 is 39.9 Å². The lowest BCUT2D eigenvalue weighted by Crippen LogP contribution is -2.40. The summed E-state index contributed by atoms with van der Waals surface area (Å²) in [4.78, 5) is 0.134. The van der Waals surface area contributed by atoms with Gasteiger partial charge in [0.25, 0.3) is 0 Å². The lowest BCUT2D eigenvalue weighted by molar-refractivity contribution is 0.516. The van der Waals surface area contributed by atoms with E-state index in [0.29, 0.717) is 9.50 Å². The first-order chi connectivity index (χ1) is 8.92. The molecule has 0 fully saturated rings. The largest absolute Gasteiger partial charge is 0.329 e. The molecule has 1 rings (SSSR count). The standard InChI is InChI=1S/C12H18BrClN2O2S.ClH/c1-2-3-5-9(8-15)16-19(17,18)11-7-4-6-10(14)12(11)13;/h4,6-7,9,16H,2-3,5,8,15H2,1H3;1H. The van der Waals surface area contributed by atoms with E-state index in [1.807, 2.05) is 0 Å². The highest BCUT2D eigenvalue weighted by Gasteiger charge is 2.22. The van der Waals surface area contributed by atoms with Gasteiger partial charge in [0.15, 0.2) is 0 Å². The van der Waals surface area contributed by atoms with Gasteiger partial charge in [0.2, 0.25) is 10.0 Å². The number of hydrogen-bond donors (Lipinski definition) is 2. The van der Waals surface area contributed by atoms with Crippen molar-refractivity contribution in [2.45, 2.75) is 37.1 Å². The molecule has 0 spiro atoms. The SMILES string of the molecule is CCCCC(CN)NS(=O)(=O)c1cccc(Cl)c1Br.Cl. The van der Waals surface area contributed by atoms with Gasteiger partial charge in [0, 0.05) is 12.6 Å². The first kappa shape index (κ1) is 20.1. The molecule has 8 heteroatoms. The van der Waals surface area contributed by atoms with Crippen LogP contribution in [-0.4, -0.2) is 21.0 Å². The van der Waals surface area contributed by atoms with Crippen LogP contribution in [-0.2, 0) is 10.0 Å². The Morgan fingerprint density at radius 1 is 1.45 bits per heavy atom. The Labute approximate surface area is 140 Å². The second-order valence-electron chi connectivity index (χ2n) is 4.25. The Balaban J connectivity index is 0.00000361. The average Bonchev–Trinajstić information content (AvgIpc) is 2.37. The summed E-state index contributed by atoms with van der Waals surface area (Å²) >= 11 is 9.11. The number of nitrogens with one attached hydrogen (secondary N) is 1. The van der Waals surface area contributed by atoms with Crippen LogP contribution in [0.5, 0.6) is 0 Å². The molecule has 0 bridgehead atoms. The Morgan fingerprint density at radius 3 is 2.65 bits per heavy atom. The highest BCUT2D eigenvalue weighted by Crippen LogP contribution is 2.29. The lowest BCUT2D eigenvalue weighted by Gasteiger charge is -2.17. The van der Waals surface area contributed by atoms with Gasteiger partial charge in [-0.15, -0.1) is 12.4 Å². The van der Waals surface area contributed by atoms with Crippen LogP contribution in [0.4, 0.5) is 0 Å². The van der Waals surface area contributed by atoms with Crippen molar-refractivity contribution in [3.8, 4) is 0 Å². The van der Waals surface area contributed by atoms with Gasteiger partial charge >= 0.3 is 0 Å². The maximum atomic E-state index is 12.3. The second kappa shape index (κ2) is 9.23. The Hall–Kier alpha value is 0.150. The van der Waals surface area contributed by atoms with E-state index in [2.05, 4.69) is 27.6 Å². The fourth-order valence-corrected chi connectivity index (χ4v) is 4.17. The van der Waals surface area contributed by atoms with Crippen LogP contribution in [0.25, 0.3) is 0 Å². The molecule has 0 saturated carbocycles. The normalized spacial score (nSPS) is 12.8. The van der Waals surface area contributed by atoms with Crippen molar-refractivity contribution < 1.29 is 8.42 Å². The van der Waals surface area contributed by atoms with Gasteiger partial charge in [-0.1, -0.05) is 37.4 Å². The van der Waals surface area contributed by atoms with E-state index in [1.165, 1.54) is 6.07 Å². The van der Waals surface area contributed by atoms with Crippen molar-refractivity contribution in [2.24, 2.45) is 5.73 Å². The van der Waals surface area contributed by atoms with E-state index in [9.17, 15) is 8.42 Å². The summed E-state index contributed by atoms with van der Waals surface area (Å²) in [5.41, 5.74) is 5.60. The molecule has 3 N–H and O–H groups in total. The van der Waals surface area contributed by atoms with Crippen molar-refractivity contribution >= 4 is 50.0 Å². The van der Waals surface area contributed by atoms with Crippen molar-refractivity contribution in [1.29, 1.82) is 0 Å². The Bertz CT molecular complexity index is 526. The quantitative estimate of drug-likeness (QED) is 0.730. The van der Waals surface area contributed by atoms with Crippen LogP contribution in [0.3, 0.4) is 0 Å². The number of sulfonamides is 1. The molecule has 0 aliphatic carbocycles. The highest BCUT2D eigenvalue weighted by atomic mass is 79.9. The maximum Gasteiger partial charge on any atom is 0.242 e. The van der Waals surface area contributed by atoms with Crippen molar-refractivity contribution in [3.63, 3.8) is 0 Å². The molecule has 4 nitrogen and oxygen atoms in total. The predicted octanol–water partition coefficient (Wildman–Crippen LogP) is 3.32. The van der Waals surface area contributed by atoms with Gasteiger partial charge in [-0.2, -0.15) is 0 Å². The van der Waals surface area contributed by atoms with E-state index in [-0.39, 0.29) is 29.9 Å². The number of hydrogen-bond acceptors (Lipinski definition) is 3. The van der Waals surface area contributed by atoms with Crippen molar-refractivity contribution in [3.05, 3.63) is 27.7 Å². The van der Waals surface area contributed by atoms with E-state index in [1.54, 1.807) is 12.1 Å². The van der Waals surface area contributed by atoms with Crippen molar-refractivity contribution in [1.82, 2.24) is 4.72 Å². The van der Waals surface area contributed by atoms with E-state index < -0.39 is 10.0 Å². The summed E-state index contributed by atoms with van der Waals surface area (Å²) in [7, 11) is -3.62. The molecule has 116 valence electrons. The molecule has 0 aliphatic rings. The van der Waals surface area contributed by atoms with Gasteiger partial charge in [-0.3, -0.25) is 0 Å². The summed E-state index contributed by atoms with van der Waals surface area (Å²) in [6.07, 6.45) is 2.66. The van der Waals surface area contributed by atoms with Crippen LogP contribution < -0.4 is 10.5 Å². The average molecular weight is 406 g/mol. The van der Waals surface area contributed by atoms with Gasteiger partial charge in [-0.05, 0) is 34.5 Å². The smallest absolute Gasteiger partial charge is 0.242 e. The molecule has 1 aromatic rings. The molecule has 0 saturated heterocycles. The van der Waals surface area contributed by atoms with E-state index in [0.717, 1.165) is 19.3 Å². The zero-order chi connectivity index (χ0) is 14.5. The van der Waals surface area contributed by atoms with E-state index in [4.69, 9.17) is 17.3 Å². The monoisotopic (exact) mass is 404 g/mol. The highest BCUT2D eigenvalue weighted by molar-refractivity contribution is 9.10. The Morgan fingerprint density at radius 2 is 2.10 bits per heavy atom. The summed E-state index contributed by atoms with van der Waals surface area (Å²) in [5.74, 6) is 0. The molecular weight excluding hydrogens is 387 g/mol. The Kier molecular flexibility index (Phi) is 9.29. The fourth-order valence-electron chi connectivity index (χ4n) is 1.65. The summed E-state index contributed by atoms with van der Waals surface area (Å²) in [5, 5.41) is 0.362. The molecule has 20 heavy (non-hydrogen) atoms. The molecular formula is C12H19BrCl2N2O2S. The summed E-state index contributed by atoms with van der Waals surface area (Å²) < 4.78 is 27.6. The zero-order valence-electron chi connectivity index (χ0n) is 11.1. The minimum Gasteiger partial charge on any atom is -0.329 e. The lowest BCUT2D eigenvalue weighted by atomic mass is 10.1. The van der Waals surface area contributed by atoms with E-state index >= 15 is 0 Å². The summed E-state index contributed by atoms with van der Waals surface area (Å²) in [6.45, 7) is 2.33. The molecule has 0 radical (unpaired) electrons. The van der Waals surface area contributed by atoms with Crippen LogP contribution in [0, 0.1) is 0 Å². The second-order valence-corrected chi connectivity index (χ2v) is 7.13. The molecule has 1 atom stereocenters. The first-order valence-electron chi connectivity index (χ1n) is 6.08. The third-order valence-corrected chi connectivity index (χ3v) is 5.94. The van der Waals surface area contributed by atoms with Gasteiger partial charge in [0.05, 0.1) is 14.4 Å². The fraction of sp³-hybridized carbons (Fsp3) is 0.500. The molecule has 1 unspecified atom stereocenters. The van der Waals surface area contributed by atoms with Gasteiger partial charge in [-0.25, -0.2) is 13.1 Å². The minimum atomic E-state index is -3.62. The van der Waals surface area contributed by atoms with Crippen LogP contribution in [0.15, 0.2) is 27.6 Å². The maximum absolute atomic E-state index is 12.3. The summed E-state index contributed by atoms with van der Waals surface area (Å²) in [6, 6.07) is 4.48. The van der Waals surface area contributed by atoms with Crippen LogP contribution in [0.2, 0.25) is 5.02 Å². The molecule has 1 aromatic carbocycles. The first-order valence-corrected chi connectivity index (χ1v) is 8.74. The molecule has 0 amide bonds. The third-order valence-electron chi connectivity index (χ3n) is 2.72. The predicted molar refractivity (Wildman–Crippen MR) is 89.1 cm³/mol.